The lowest BCUT2D eigenvalue weighted by atomic mass is 9.89. The smallest absolute Gasteiger partial charge is 0.223 e. The van der Waals surface area contributed by atoms with Gasteiger partial charge in [-0.05, 0) is 24.1 Å². The van der Waals surface area contributed by atoms with Gasteiger partial charge in [-0.15, -0.1) is 0 Å². The van der Waals surface area contributed by atoms with Crippen LogP contribution < -0.4 is 5.32 Å². The lowest BCUT2D eigenvalue weighted by molar-refractivity contribution is -0.122. The van der Waals surface area contributed by atoms with Gasteiger partial charge in [0.1, 0.15) is 0 Å². The molecule has 1 aromatic rings. The third kappa shape index (κ3) is 1.86. The zero-order chi connectivity index (χ0) is 11.0. The summed E-state index contributed by atoms with van der Waals surface area (Å²) in [7, 11) is 0. The van der Waals surface area contributed by atoms with Gasteiger partial charge in [0.15, 0.2) is 0 Å². The van der Waals surface area contributed by atoms with Crippen molar-refractivity contribution in [2.24, 2.45) is 5.92 Å². The van der Waals surface area contributed by atoms with Gasteiger partial charge in [0, 0.05) is 23.4 Å². The molecule has 1 heterocycles. The summed E-state index contributed by atoms with van der Waals surface area (Å²) in [5.74, 6) is 0.354. The third-order valence-corrected chi connectivity index (χ3v) is 3.40. The molecule has 3 heteroatoms. The number of benzene rings is 1. The van der Waals surface area contributed by atoms with Crippen LogP contribution in [0.1, 0.15) is 24.0 Å². The fraction of sp³-hybridized carbons (Fsp3) is 0.417. The Bertz CT molecular complexity index is 403. The van der Waals surface area contributed by atoms with Crippen LogP contribution in [0.2, 0.25) is 5.02 Å². The molecule has 0 aromatic heterocycles. The highest BCUT2D eigenvalue weighted by Gasteiger charge is 2.32. The highest BCUT2D eigenvalue weighted by atomic mass is 35.5. The zero-order valence-electron chi connectivity index (χ0n) is 8.88. The highest BCUT2D eigenvalue weighted by molar-refractivity contribution is 6.31. The normalized spacial score (nSPS) is 25.4. The second kappa shape index (κ2) is 3.86. The minimum absolute atomic E-state index is 0.0187. The highest BCUT2D eigenvalue weighted by Crippen LogP contribution is 2.33. The van der Waals surface area contributed by atoms with E-state index in [0.717, 1.165) is 16.1 Å². The predicted octanol–water partition coefficient (Wildman–Crippen LogP) is 2.50. The monoisotopic (exact) mass is 223 g/mol. The van der Waals surface area contributed by atoms with Crippen LogP contribution in [0.25, 0.3) is 0 Å². The molecule has 0 radical (unpaired) electrons. The Morgan fingerprint density at radius 1 is 1.47 bits per heavy atom. The maximum Gasteiger partial charge on any atom is 0.223 e. The first kappa shape index (κ1) is 10.5. The second-order valence-corrected chi connectivity index (χ2v) is 4.57. The quantitative estimate of drug-likeness (QED) is 0.779. The van der Waals surface area contributed by atoms with Crippen LogP contribution >= 0.6 is 11.6 Å². The Labute approximate surface area is 94.6 Å². The van der Waals surface area contributed by atoms with Crippen molar-refractivity contribution in [2.45, 2.75) is 19.8 Å². The van der Waals surface area contributed by atoms with Crippen molar-refractivity contribution in [3.63, 3.8) is 0 Å². The minimum atomic E-state index is 0.0187. The number of rotatable bonds is 1. The van der Waals surface area contributed by atoms with Crippen molar-refractivity contribution in [1.29, 1.82) is 0 Å². The van der Waals surface area contributed by atoms with E-state index >= 15 is 0 Å². The first-order valence-electron chi connectivity index (χ1n) is 5.13. The van der Waals surface area contributed by atoms with E-state index in [1.54, 1.807) is 0 Å². The van der Waals surface area contributed by atoms with Gasteiger partial charge in [0.05, 0.1) is 0 Å². The van der Waals surface area contributed by atoms with Gasteiger partial charge < -0.3 is 5.32 Å². The number of carbonyl (C=O) groups excluding carboxylic acids is 1. The standard InChI is InChI=1S/C12H14ClNO/c1-7-3-4-9(11(13)5-7)10-6-14-12(15)8(10)2/h3-5,8,10H,6H2,1-2H3,(H,14,15)/t8-,10+/m0/s1. The molecule has 0 aliphatic carbocycles. The predicted molar refractivity (Wildman–Crippen MR) is 61.1 cm³/mol. The van der Waals surface area contributed by atoms with E-state index < -0.39 is 0 Å². The van der Waals surface area contributed by atoms with Crippen molar-refractivity contribution in [3.8, 4) is 0 Å². The molecular weight excluding hydrogens is 210 g/mol. The number of halogens is 1. The van der Waals surface area contributed by atoms with Gasteiger partial charge in [-0.3, -0.25) is 4.79 Å². The minimum Gasteiger partial charge on any atom is -0.355 e. The lowest BCUT2D eigenvalue weighted by Crippen LogP contribution is -2.16. The number of hydrogen-bond donors (Lipinski definition) is 1. The van der Waals surface area contributed by atoms with Crippen LogP contribution in [0, 0.1) is 12.8 Å². The van der Waals surface area contributed by atoms with E-state index in [9.17, 15) is 4.79 Å². The molecule has 1 N–H and O–H groups in total. The maximum absolute atomic E-state index is 11.4. The van der Waals surface area contributed by atoms with E-state index in [0.29, 0.717) is 6.54 Å². The van der Waals surface area contributed by atoms with Crippen LogP contribution in [0.4, 0.5) is 0 Å². The molecule has 15 heavy (non-hydrogen) atoms. The van der Waals surface area contributed by atoms with Gasteiger partial charge in [0.25, 0.3) is 0 Å². The summed E-state index contributed by atoms with van der Waals surface area (Å²) in [6, 6.07) is 6.02. The van der Waals surface area contributed by atoms with Crippen LogP contribution in [0.3, 0.4) is 0 Å². The van der Waals surface area contributed by atoms with E-state index in [1.165, 1.54) is 0 Å². The first-order valence-corrected chi connectivity index (χ1v) is 5.51. The van der Waals surface area contributed by atoms with Crippen molar-refractivity contribution >= 4 is 17.5 Å². The summed E-state index contributed by atoms with van der Waals surface area (Å²) in [4.78, 5) is 11.4. The topological polar surface area (TPSA) is 29.1 Å². The number of carbonyl (C=O) groups is 1. The van der Waals surface area contributed by atoms with Crippen LogP contribution in [0.5, 0.6) is 0 Å². The average Bonchev–Trinajstić information content (AvgIpc) is 2.49. The molecule has 1 aliphatic rings. The Balaban J connectivity index is 2.34. The molecular formula is C12H14ClNO. The van der Waals surface area contributed by atoms with Gasteiger partial charge in [0.2, 0.25) is 5.91 Å². The molecule has 1 aromatic carbocycles. The maximum atomic E-state index is 11.4. The van der Waals surface area contributed by atoms with Gasteiger partial charge in [-0.2, -0.15) is 0 Å². The van der Waals surface area contributed by atoms with E-state index in [4.69, 9.17) is 11.6 Å². The van der Waals surface area contributed by atoms with Crippen molar-refractivity contribution in [1.82, 2.24) is 5.32 Å². The molecule has 0 saturated carbocycles. The van der Waals surface area contributed by atoms with Gasteiger partial charge in [-0.25, -0.2) is 0 Å². The number of amides is 1. The number of hydrogen-bond acceptors (Lipinski definition) is 1. The zero-order valence-corrected chi connectivity index (χ0v) is 9.64. The first-order chi connectivity index (χ1) is 7.09. The third-order valence-electron chi connectivity index (χ3n) is 3.07. The van der Waals surface area contributed by atoms with Gasteiger partial charge in [-0.1, -0.05) is 30.7 Å². The fourth-order valence-corrected chi connectivity index (χ4v) is 2.42. The lowest BCUT2D eigenvalue weighted by Gasteiger charge is -2.14. The number of nitrogens with one attached hydrogen (secondary N) is 1. The van der Waals surface area contributed by atoms with Crippen LogP contribution in [-0.2, 0) is 4.79 Å². The Morgan fingerprint density at radius 3 is 2.73 bits per heavy atom. The van der Waals surface area contributed by atoms with Crippen molar-refractivity contribution in [3.05, 3.63) is 34.3 Å². The summed E-state index contributed by atoms with van der Waals surface area (Å²) in [6.45, 7) is 4.66. The van der Waals surface area contributed by atoms with E-state index in [1.807, 2.05) is 32.0 Å². The Hall–Kier alpha value is -1.02. The van der Waals surface area contributed by atoms with Crippen LogP contribution in [0.15, 0.2) is 18.2 Å². The molecule has 2 rings (SSSR count). The molecule has 1 fully saturated rings. The molecule has 2 nitrogen and oxygen atoms in total. The molecule has 0 spiro atoms. The SMILES string of the molecule is Cc1ccc([C@@H]2CNC(=O)[C@H]2C)c(Cl)c1. The molecule has 0 unspecified atom stereocenters. The Morgan fingerprint density at radius 2 is 2.20 bits per heavy atom. The molecule has 1 aliphatic heterocycles. The molecule has 2 atom stereocenters. The average molecular weight is 224 g/mol. The summed E-state index contributed by atoms with van der Waals surface area (Å²) < 4.78 is 0. The molecule has 0 bridgehead atoms. The molecule has 1 amide bonds. The van der Waals surface area contributed by atoms with Crippen molar-refractivity contribution < 1.29 is 4.79 Å². The molecule has 1 saturated heterocycles. The summed E-state index contributed by atoms with van der Waals surface area (Å²) >= 11 is 6.18. The van der Waals surface area contributed by atoms with E-state index in [-0.39, 0.29) is 17.7 Å². The van der Waals surface area contributed by atoms with Crippen molar-refractivity contribution in [2.75, 3.05) is 6.54 Å². The fourth-order valence-electron chi connectivity index (χ4n) is 2.04. The molecule has 80 valence electrons. The second-order valence-electron chi connectivity index (χ2n) is 4.17. The van der Waals surface area contributed by atoms with E-state index in [2.05, 4.69) is 5.32 Å². The summed E-state index contributed by atoms with van der Waals surface area (Å²) in [5, 5.41) is 3.63. The Kier molecular flexibility index (Phi) is 2.70. The number of aryl methyl sites for hydroxylation is 1. The largest absolute Gasteiger partial charge is 0.355 e. The van der Waals surface area contributed by atoms with Gasteiger partial charge >= 0.3 is 0 Å². The summed E-state index contributed by atoms with van der Waals surface area (Å²) in [6.07, 6.45) is 0. The summed E-state index contributed by atoms with van der Waals surface area (Å²) in [5.41, 5.74) is 2.22. The van der Waals surface area contributed by atoms with Crippen LogP contribution in [-0.4, -0.2) is 12.5 Å².